The van der Waals surface area contributed by atoms with Crippen LogP contribution in [-0.4, -0.2) is 40.3 Å². The van der Waals surface area contributed by atoms with Crippen LogP contribution in [0.1, 0.15) is 41.7 Å². The van der Waals surface area contributed by atoms with E-state index in [0.717, 1.165) is 43.9 Å². The predicted molar refractivity (Wildman–Crippen MR) is 66.8 cm³/mol. The van der Waals surface area contributed by atoms with Crippen molar-refractivity contribution in [2.45, 2.75) is 39.2 Å². The first-order valence-corrected chi connectivity index (χ1v) is 6.77. The number of amides is 1. The number of carbonyl (C=O) groups excluding carboxylic acids is 1. The predicted octanol–water partition coefficient (Wildman–Crippen LogP) is 1.60. The Hall–Kier alpha value is -1.52. The lowest BCUT2D eigenvalue weighted by Crippen LogP contribution is -2.32. The van der Waals surface area contributed by atoms with Crippen LogP contribution in [0.5, 0.6) is 5.88 Å². The summed E-state index contributed by atoms with van der Waals surface area (Å²) < 4.78 is 7.31. The van der Waals surface area contributed by atoms with Gasteiger partial charge in [-0.05, 0) is 19.8 Å². The summed E-state index contributed by atoms with van der Waals surface area (Å²) in [5.41, 5.74) is 1.47. The maximum absolute atomic E-state index is 12.5. The van der Waals surface area contributed by atoms with Gasteiger partial charge in [-0.3, -0.25) is 4.79 Å². The molecule has 5 nitrogen and oxygen atoms in total. The van der Waals surface area contributed by atoms with Gasteiger partial charge in [-0.15, -0.1) is 0 Å². The Morgan fingerprint density at radius 1 is 1.17 bits per heavy atom. The van der Waals surface area contributed by atoms with E-state index in [-0.39, 0.29) is 5.91 Å². The summed E-state index contributed by atoms with van der Waals surface area (Å²) in [4.78, 5) is 14.4. The molecule has 0 aromatic carbocycles. The molecule has 0 unspecified atom stereocenters. The fraction of sp³-hybridized carbons (Fsp3) is 0.692. The van der Waals surface area contributed by atoms with Crippen LogP contribution >= 0.6 is 0 Å². The highest BCUT2D eigenvalue weighted by Gasteiger charge is 2.27. The van der Waals surface area contributed by atoms with Gasteiger partial charge in [-0.2, -0.15) is 5.10 Å². The molecule has 0 spiro atoms. The molecule has 0 bridgehead atoms. The average molecular weight is 249 g/mol. The lowest BCUT2D eigenvalue weighted by molar-refractivity contribution is 0.0753. The second-order valence-corrected chi connectivity index (χ2v) is 5.06. The van der Waals surface area contributed by atoms with Crippen molar-refractivity contribution in [1.29, 1.82) is 0 Å². The Morgan fingerprint density at radius 3 is 2.56 bits per heavy atom. The molecule has 5 heteroatoms. The van der Waals surface area contributed by atoms with Crippen LogP contribution in [0.25, 0.3) is 0 Å². The second-order valence-electron chi connectivity index (χ2n) is 5.06. The van der Waals surface area contributed by atoms with Crippen LogP contribution in [0, 0.1) is 6.92 Å². The van der Waals surface area contributed by atoms with Gasteiger partial charge in [0, 0.05) is 18.7 Å². The quantitative estimate of drug-likeness (QED) is 0.759. The zero-order chi connectivity index (χ0) is 12.5. The SMILES string of the molecule is Cc1c(C(=O)N2CCCCCC2)nn2c1OCC2. The topological polar surface area (TPSA) is 47.4 Å². The molecule has 3 heterocycles. The van der Waals surface area contributed by atoms with Crippen LogP contribution in [-0.2, 0) is 6.54 Å². The van der Waals surface area contributed by atoms with Gasteiger partial charge in [0.1, 0.15) is 6.61 Å². The molecular formula is C13H19N3O2. The molecule has 1 amide bonds. The molecule has 2 aliphatic heterocycles. The van der Waals surface area contributed by atoms with Crippen molar-refractivity contribution in [3.8, 4) is 5.88 Å². The summed E-state index contributed by atoms with van der Waals surface area (Å²) in [5, 5.41) is 4.40. The molecule has 3 rings (SSSR count). The van der Waals surface area contributed by atoms with E-state index in [0.29, 0.717) is 12.3 Å². The number of aromatic nitrogens is 2. The van der Waals surface area contributed by atoms with Crippen LogP contribution in [0.15, 0.2) is 0 Å². The maximum Gasteiger partial charge on any atom is 0.274 e. The number of carbonyl (C=O) groups is 1. The first-order chi connectivity index (χ1) is 8.77. The molecule has 0 radical (unpaired) electrons. The summed E-state index contributed by atoms with van der Waals surface area (Å²) in [7, 11) is 0. The van der Waals surface area contributed by atoms with Crippen molar-refractivity contribution in [2.75, 3.05) is 19.7 Å². The fourth-order valence-corrected chi connectivity index (χ4v) is 2.73. The molecule has 1 aromatic rings. The van der Waals surface area contributed by atoms with Gasteiger partial charge in [0.15, 0.2) is 5.69 Å². The van der Waals surface area contributed by atoms with Gasteiger partial charge in [0.2, 0.25) is 5.88 Å². The number of rotatable bonds is 1. The highest BCUT2D eigenvalue weighted by atomic mass is 16.5. The summed E-state index contributed by atoms with van der Waals surface area (Å²) in [6.07, 6.45) is 4.67. The van der Waals surface area contributed by atoms with E-state index in [9.17, 15) is 4.79 Å². The Kier molecular flexibility index (Phi) is 2.97. The maximum atomic E-state index is 12.5. The Bertz CT molecular complexity index is 459. The van der Waals surface area contributed by atoms with Crippen molar-refractivity contribution in [3.63, 3.8) is 0 Å². The Balaban J connectivity index is 1.83. The molecule has 0 aliphatic carbocycles. The normalized spacial score (nSPS) is 19.3. The highest BCUT2D eigenvalue weighted by molar-refractivity contribution is 5.94. The first-order valence-electron chi connectivity index (χ1n) is 6.77. The molecule has 0 atom stereocenters. The van der Waals surface area contributed by atoms with E-state index in [1.807, 2.05) is 11.8 Å². The van der Waals surface area contributed by atoms with Gasteiger partial charge in [-0.25, -0.2) is 4.68 Å². The highest BCUT2D eigenvalue weighted by Crippen LogP contribution is 2.26. The molecule has 0 saturated carbocycles. The van der Waals surface area contributed by atoms with E-state index in [1.54, 1.807) is 4.68 Å². The van der Waals surface area contributed by atoms with Gasteiger partial charge in [-0.1, -0.05) is 12.8 Å². The number of hydrogen-bond donors (Lipinski definition) is 0. The minimum absolute atomic E-state index is 0.0694. The minimum atomic E-state index is 0.0694. The van der Waals surface area contributed by atoms with Crippen LogP contribution < -0.4 is 4.74 Å². The van der Waals surface area contributed by atoms with Crippen molar-refractivity contribution >= 4 is 5.91 Å². The van der Waals surface area contributed by atoms with E-state index in [4.69, 9.17) is 4.74 Å². The smallest absolute Gasteiger partial charge is 0.274 e. The molecule has 18 heavy (non-hydrogen) atoms. The Morgan fingerprint density at radius 2 is 1.89 bits per heavy atom. The summed E-state index contributed by atoms with van der Waals surface area (Å²) >= 11 is 0. The van der Waals surface area contributed by atoms with Crippen LogP contribution in [0.2, 0.25) is 0 Å². The summed E-state index contributed by atoms with van der Waals surface area (Å²) in [6.45, 7) is 5.07. The number of ether oxygens (including phenoxy) is 1. The Labute approximate surface area is 107 Å². The number of likely N-dealkylation sites (tertiary alicyclic amines) is 1. The molecule has 1 fully saturated rings. The standard InChI is InChI=1S/C13H19N3O2/c1-10-11(14-16-8-9-18-13(10)16)12(17)15-6-4-2-3-5-7-15/h2-9H2,1H3. The summed E-state index contributed by atoms with van der Waals surface area (Å²) in [5.74, 6) is 0.841. The second kappa shape index (κ2) is 4.63. The molecule has 2 aliphatic rings. The third-order valence-corrected chi connectivity index (χ3v) is 3.77. The van der Waals surface area contributed by atoms with Gasteiger partial charge in [0.25, 0.3) is 5.91 Å². The van der Waals surface area contributed by atoms with Gasteiger partial charge < -0.3 is 9.64 Å². The zero-order valence-electron chi connectivity index (χ0n) is 10.8. The minimum Gasteiger partial charge on any atom is -0.476 e. The molecule has 1 aromatic heterocycles. The summed E-state index contributed by atoms with van der Waals surface area (Å²) in [6, 6.07) is 0. The molecule has 98 valence electrons. The molecular weight excluding hydrogens is 230 g/mol. The van der Waals surface area contributed by atoms with E-state index >= 15 is 0 Å². The largest absolute Gasteiger partial charge is 0.476 e. The van der Waals surface area contributed by atoms with Crippen molar-refractivity contribution in [3.05, 3.63) is 11.3 Å². The fourth-order valence-electron chi connectivity index (χ4n) is 2.73. The molecule has 1 saturated heterocycles. The number of nitrogens with zero attached hydrogens (tertiary/aromatic N) is 3. The van der Waals surface area contributed by atoms with Gasteiger partial charge in [0.05, 0.1) is 6.54 Å². The molecule has 0 N–H and O–H groups in total. The van der Waals surface area contributed by atoms with E-state index < -0.39 is 0 Å². The average Bonchev–Trinajstić information content (AvgIpc) is 2.82. The first kappa shape index (κ1) is 11.6. The number of hydrogen-bond acceptors (Lipinski definition) is 3. The lowest BCUT2D eigenvalue weighted by Gasteiger charge is -2.19. The monoisotopic (exact) mass is 249 g/mol. The third kappa shape index (κ3) is 1.87. The lowest BCUT2D eigenvalue weighted by atomic mass is 10.2. The zero-order valence-corrected chi connectivity index (χ0v) is 10.8. The van der Waals surface area contributed by atoms with E-state index in [1.165, 1.54) is 12.8 Å². The van der Waals surface area contributed by atoms with Crippen LogP contribution in [0.3, 0.4) is 0 Å². The van der Waals surface area contributed by atoms with Crippen molar-refractivity contribution < 1.29 is 9.53 Å². The third-order valence-electron chi connectivity index (χ3n) is 3.77. The van der Waals surface area contributed by atoms with Gasteiger partial charge >= 0.3 is 0 Å². The number of fused-ring (bicyclic) bond motifs is 1. The van der Waals surface area contributed by atoms with E-state index in [2.05, 4.69) is 5.10 Å². The van der Waals surface area contributed by atoms with Crippen LogP contribution in [0.4, 0.5) is 0 Å². The van der Waals surface area contributed by atoms with Crippen molar-refractivity contribution in [1.82, 2.24) is 14.7 Å². The van der Waals surface area contributed by atoms with Crippen molar-refractivity contribution in [2.24, 2.45) is 0 Å².